The van der Waals surface area contributed by atoms with E-state index in [1.165, 1.54) is 23.3 Å². The summed E-state index contributed by atoms with van der Waals surface area (Å²) >= 11 is 11.2. The van der Waals surface area contributed by atoms with Gasteiger partial charge in [0.25, 0.3) is 0 Å². The van der Waals surface area contributed by atoms with Gasteiger partial charge in [-0.25, -0.2) is 0 Å². The van der Waals surface area contributed by atoms with Crippen LogP contribution in [0.2, 0.25) is 5.02 Å². The van der Waals surface area contributed by atoms with Gasteiger partial charge in [0.2, 0.25) is 0 Å². The van der Waals surface area contributed by atoms with Gasteiger partial charge in [0.1, 0.15) is 0 Å². The first-order valence-corrected chi connectivity index (χ1v) is 6.57. The standard InChI is InChI=1S/C13H13ClN2S/c14-9-6-4-8(5-7-9)12-10-2-1-3-11(10)15-13(17)16-12/h4-7,12H,1-3H2,(H2,15,16,17)/t12-/m1/s1. The first kappa shape index (κ1) is 11.1. The Morgan fingerprint density at radius 2 is 1.94 bits per heavy atom. The van der Waals surface area contributed by atoms with Crippen molar-refractivity contribution in [1.82, 2.24) is 10.6 Å². The van der Waals surface area contributed by atoms with E-state index in [-0.39, 0.29) is 6.04 Å². The van der Waals surface area contributed by atoms with Crippen LogP contribution in [0.25, 0.3) is 0 Å². The maximum atomic E-state index is 5.92. The van der Waals surface area contributed by atoms with Crippen molar-refractivity contribution in [2.24, 2.45) is 0 Å². The Balaban J connectivity index is 1.98. The van der Waals surface area contributed by atoms with Crippen LogP contribution >= 0.6 is 23.8 Å². The molecule has 1 heterocycles. The fourth-order valence-electron chi connectivity index (χ4n) is 2.56. The maximum Gasteiger partial charge on any atom is 0.171 e. The van der Waals surface area contributed by atoms with Crippen molar-refractivity contribution in [3.8, 4) is 0 Å². The van der Waals surface area contributed by atoms with E-state index in [4.69, 9.17) is 23.8 Å². The summed E-state index contributed by atoms with van der Waals surface area (Å²) < 4.78 is 0. The molecule has 2 N–H and O–H groups in total. The minimum Gasteiger partial charge on any atom is -0.352 e. The largest absolute Gasteiger partial charge is 0.352 e. The topological polar surface area (TPSA) is 24.1 Å². The van der Waals surface area contributed by atoms with Crippen molar-refractivity contribution in [3.63, 3.8) is 0 Å². The fourth-order valence-corrected chi connectivity index (χ4v) is 2.93. The maximum absolute atomic E-state index is 5.92. The van der Waals surface area contributed by atoms with Gasteiger partial charge in [0.05, 0.1) is 6.04 Å². The molecule has 0 spiro atoms. The van der Waals surface area contributed by atoms with Crippen LogP contribution in [0.3, 0.4) is 0 Å². The van der Waals surface area contributed by atoms with Crippen LogP contribution in [-0.4, -0.2) is 5.11 Å². The molecule has 17 heavy (non-hydrogen) atoms. The van der Waals surface area contributed by atoms with E-state index in [9.17, 15) is 0 Å². The number of thiocarbonyl (C=S) groups is 1. The van der Waals surface area contributed by atoms with Crippen LogP contribution in [-0.2, 0) is 0 Å². The van der Waals surface area contributed by atoms with E-state index in [1.54, 1.807) is 0 Å². The van der Waals surface area contributed by atoms with Crippen LogP contribution in [0.1, 0.15) is 30.9 Å². The van der Waals surface area contributed by atoms with Gasteiger partial charge in [0.15, 0.2) is 5.11 Å². The minimum absolute atomic E-state index is 0.221. The summed E-state index contributed by atoms with van der Waals surface area (Å²) in [6.45, 7) is 0. The number of hydrogen-bond acceptors (Lipinski definition) is 1. The van der Waals surface area contributed by atoms with Crippen LogP contribution in [0, 0.1) is 0 Å². The molecular formula is C13H13ClN2S. The van der Waals surface area contributed by atoms with Crippen molar-refractivity contribution in [3.05, 3.63) is 46.1 Å². The van der Waals surface area contributed by atoms with Crippen molar-refractivity contribution < 1.29 is 0 Å². The molecule has 0 unspecified atom stereocenters. The number of benzene rings is 1. The zero-order valence-electron chi connectivity index (χ0n) is 9.29. The van der Waals surface area contributed by atoms with E-state index in [0.717, 1.165) is 23.0 Å². The lowest BCUT2D eigenvalue weighted by Gasteiger charge is -2.29. The lowest BCUT2D eigenvalue weighted by molar-refractivity contribution is 0.683. The van der Waals surface area contributed by atoms with E-state index in [2.05, 4.69) is 22.8 Å². The molecule has 88 valence electrons. The zero-order chi connectivity index (χ0) is 11.8. The fraction of sp³-hybridized carbons (Fsp3) is 0.308. The van der Waals surface area contributed by atoms with Crippen LogP contribution in [0.5, 0.6) is 0 Å². The number of allylic oxidation sites excluding steroid dienone is 1. The summed E-state index contributed by atoms with van der Waals surface area (Å²) in [6, 6.07) is 8.21. The third kappa shape index (κ3) is 2.05. The average molecular weight is 265 g/mol. The molecular weight excluding hydrogens is 252 g/mol. The predicted molar refractivity (Wildman–Crippen MR) is 73.9 cm³/mol. The quantitative estimate of drug-likeness (QED) is 0.761. The third-order valence-corrected chi connectivity index (χ3v) is 3.82. The molecule has 2 aliphatic rings. The number of rotatable bonds is 1. The summed E-state index contributed by atoms with van der Waals surface area (Å²) in [5, 5.41) is 8.10. The Bertz CT molecular complexity index is 493. The molecule has 0 saturated carbocycles. The van der Waals surface area contributed by atoms with Gasteiger partial charge in [0, 0.05) is 10.7 Å². The normalized spacial score (nSPS) is 23.1. The van der Waals surface area contributed by atoms with Crippen LogP contribution < -0.4 is 10.6 Å². The number of halogens is 1. The van der Waals surface area contributed by atoms with Crippen molar-refractivity contribution in [1.29, 1.82) is 0 Å². The lowest BCUT2D eigenvalue weighted by Crippen LogP contribution is -2.42. The smallest absolute Gasteiger partial charge is 0.171 e. The second kappa shape index (κ2) is 4.31. The SMILES string of the molecule is S=C1NC2=C(CCC2)[C@@H](c2ccc(Cl)cc2)N1. The summed E-state index contributed by atoms with van der Waals surface area (Å²) in [5.74, 6) is 0. The summed E-state index contributed by atoms with van der Waals surface area (Å²) in [7, 11) is 0. The van der Waals surface area contributed by atoms with E-state index in [1.807, 2.05) is 12.1 Å². The van der Waals surface area contributed by atoms with Gasteiger partial charge in [-0.1, -0.05) is 23.7 Å². The Hall–Kier alpha value is -1.06. The molecule has 0 radical (unpaired) electrons. The Morgan fingerprint density at radius 1 is 1.18 bits per heavy atom. The number of hydrogen-bond donors (Lipinski definition) is 2. The van der Waals surface area contributed by atoms with Crippen molar-refractivity contribution >= 4 is 28.9 Å². The molecule has 1 atom stereocenters. The average Bonchev–Trinajstić information content (AvgIpc) is 2.77. The van der Waals surface area contributed by atoms with Gasteiger partial charge in [-0.3, -0.25) is 0 Å². The first-order chi connectivity index (χ1) is 8.24. The molecule has 1 aliphatic carbocycles. The summed E-state index contributed by atoms with van der Waals surface area (Å²) in [6.07, 6.45) is 3.47. The Labute approximate surface area is 111 Å². The van der Waals surface area contributed by atoms with Gasteiger partial charge in [-0.15, -0.1) is 0 Å². The van der Waals surface area contributed by atoms with E-state index < -0.39 is 0 Å². The zero-order valence-corrected chi connectivity index (χ0v) is 10.9. The van der Waals surface area contributed by atoms with Crippen LogP contribution in [0.4, 0.5) is 0 Å². The first-order valence-electron chi connectivity index (χ1n) is 5.79. The molecule has 2 nitrogen and oxygen atoms in total. The monoisotopic (exact) mass is 264 g/mol. The minimum atomic E-state index is 0.221. The molecule has 0 amide bonds. The van der Waals surface area contributed by atoms with Gasteiger partial charge in [-0.05, 0) is 54.7 Å². The third-order valence-electron chi connectivity index (χ3n) is 3.35. The highest BCUT2D eigenvalue weighted by Gasteiger charge is 2.28. The molecule has 0 fully saturated rings. The molecule has 0 bridgehead atoms. The van der Waals surface area contributed by atoms with Gasteiger partial charge < -0.3 is 10.6 Å². The number of nitrogens with one attached hydrogen (secondary N) is 2. The lowest BCUT2D eigenvalue weighted by atomic mass is 9.96. The second-order valence-corrected chi connectivity index (χ2v) is 5.29. The van der Waals surface area contributed by atoms with Crippen molar-refractivity contribution in [2.45, 2.75) is 25.3 Å². The van der Waals surface area contributed by atoms with Gasteiger partial charge in [-0.2, -0.15) is 0 Å². The summed E-state index contributed by atoms with van der Waals surface area (Å²) in [5.41, 5.74) is 3.99. The molecule has 4 heteroatoms. The molecule has 0 saturated heterocycles. The van der Waals surface area contributed by atoms with E-state index >= 15 is 0 Å². The Kier molecular flexibility index (Phi) is 2.81. The van der Waals surface area contributed by atoms with Crippen LogP contribution in [0.15, 0.2) is 35.5 Å². The second-order valence-electron chi connectivity index (χ2n) is 4.44. The van der Waals surface area contributed by atoms with E-state index in [0.29, 0.717) is 0 Å². The van der Waals surface area contributed by atoms with Gasteiger partial charge >= 0.3 is 0 Å². The highest BCUT2D eigenvalue weighted by molar-refractivity contribution is 7.80. The molecule has 1 aliphatic heterocycles. The summed E-state index contributed by atoms with van der Waals surface area (Å²) in [4.78, 5) is 0. The molecule has 0 aromatic heterocycles. The highest BCUT2D eigenvalue weighted by atomic mass is 35.5. The van der Waals surface area contributed by atoms with Crippen molar-refractivity contribution in [2.75, 3.05) is 0 Å². The molecule has 1 aromatic rings. The molecule has 1 aromatic carbocycles. The Morgan fingerprint density at radius 3 is 2.71 bits per heavy atom. The highest BCUT2D eigenvalue weighted by Crippen LogP contribution is 2.36. The molecule has 3 rings (SSSR count). The predicted octanol–water partition coefficient (Wildman–Crippen LogP) is 3.30.